The monoisotopic (exact) mass is 529 g/mol. The first-order chi connectivity index (χ1) is 14.2. The van der Waals surface area contributed by atoms with Crippen LogP contribution >= 0.6 is 15.9 Å². The summed E-state index contributed by atoms with van der Waals surface area (Å²) < 4.78 is 14.7. The van der Waals surface area contributed by atoms with Crippen molar-refractivity contribution < 1.29 is 30.6 Å². The van der Waals surface area contributed by atoms with Crippen LogP contribution in [-0.2, 0) is 6.54 Å². The van der Waals surface area contributed by atoms with Gasteiger partial charge >= 0.3 is 0 Å². The van der Waals surface area contributed by atoms with E-state index in [0.29, 0.717) is 0 Å². The summed E-state index contributed by atoms with van der Waals surface area (Å²) in [6.07, 6.45) is 2.47. The van der Waals surface area contributed by atoms with Gasteiger partial charge in [0.05, 0.1) is 13.1 Å². The van der Waals surface area contributed by atoms with E-state index in [1.54, 1.807) is 0 Å². The SMILES string of the molecule is CC[N+]1(Cc2ccccc2)CCCC1Oc1ccc2c(c1)oc1cc(Br)ccc12.[Br-]. The molecule has 2 atom stereocenters. The highest BCUT2D eigenvalue weighted by molar-refractivity contribution is 9.10. The van der Waals surface area contributed by atoms with Crippen molar-refractivity contribution in [2.45, 2.75) is 32.5 Å². The summed E-state index contributed by atoms with van der Waals surface area (Å²) in [5.41, 5.74) is 3.16. The molecule has 156 valence electrons. The Hall–Kier alpha value is -1.82. The minimum atomic E-state index is 0. The van der Waals surface area contributed by atoms with E-state index < -0.39 is 0 Å². The molecule has 0 bridgehead atoms. The Morgan fingerprint density at radius 2 is 1.73 bits per heavy atom. The fraction of sp³-hybridized carbons (Fsp3) is 0.280. The Morgan fingerprint density at radius 1 is 1.00 bits per heavy atom. The molecule has 0 spiro atoms. The van der Waals surface area contributed by atoms with Crippen LogP contribution in [0.2, 0.25) is 0 Å². The Morgan fingerprint density at radius 3 is 2.50 bits per heavy atom. The van der Waals surface area contributed by atoms with E-state index in [9.17, 15) is 0 Å². The van der Waals surface area contributed by atoms with Gasteiger partial charge in [-0.15, -0.1) is 0 Å². The number of rotatable bonds is 5. The zero-order valence-electron chi connectivity index (χ0n) is 17.0. The van der Waals surface area contributed by atoms with Gasteiger partial charge in [-0.1, -0.05) is 46.3 Å². The number of halogens is 2. The molecule has 1 aliphatic rings. The maximum absolute atomic E-state index is 6.59. The van der Waals surface area contributed by atoms with Gasteiger partial charge in [-0.05, 0) is 37.3 Å². The number of hydrogen-bond donors (Lipinski definition) is 0. The molecule has 4 aromatic rings. The zero-order chi connectivity index (χ0) is 19.8. The van der Waals surface area contributed by atoms with Crippen LogP contribution in [0.15, 0.2) is 75.6 Å². The number of benzene rings is 3. The van der Waals surface area contributed by atoms with Gasteiger partial charge in [0.25, 0.3) is 0 Å². The molecule has 0 saturated carbocycles. The number of quaternary nitrogens is 1. The molecule has 30 heavy (non-hydrogen) atoms. The first-order valence-corrected chi connectivity index (χ1v) is 11.1. The van der Waals surface area contributed by atoms with Gasteiger partial charge in [0.2, 0.25) is 6.23 Å². The molecule has 0 N–H and O–H groups in total. The number of nitrogens with zero attached hydrogens (tertiary/aromatic N) is 1. The Kier molecular flexibility index (Phi) is 6.24. The van der Waals surface area contributed by atoms with Crippen molar-refractivity contribution >= 4 is 37.9 Å². The second-order valence-corrected chi connectivity index (χ2v) is 8.93. The molecule has 0 amide bonds. The summed E-state index contributed by atoms with van der Waals surface area (Å²) in [5.74, 6) is 0.895. The number of furan rings is 1. The molecule has 2 heterocycles. The van der Waals surface area contributed by atoms with Crippen LogP contribution in [0.3, 0.4) is 0 Å². The van der Waals surface area contributed by atoms with Gasteiger partial charge in [-0.2, -0.15) is 0 Å². The van der Waals surface area contributed by atoms with E-state index in [-0.39, 0.29) is 23.2 Å². The lowest BCUT2D eigenvalue weighted by Gasteiger charge is -2.38. The van der Waals surface area contributed by atoms with Gasteiger partial charge in [0, 0.05) is 39.7 Å². The number of fused-ring (bicyclic) bond motifs is 3. The van der Waals surface area contributed by atoms with Crippen molar-refractivity contribution in [1.29, 1.82) is 0 Å². The summed E-state index contributed by atoms with van der Waals surface area (Å²) in [4.78, 5) is 0. The van der Waals surface area contributed by atoms with Crippen LogP contribution in [-0.4, -0.2) is 23.8 Å². The smallest absolute Gasteiger partial charge is 0.234 e. The van der Waals surface area contributed by atoms with Crippen LogP contribution in [0, 0.1) is 0 Å². The number of hydrogen-bond acceptors (Lipinski definition) is 2. The lowest BCUT2D eigenvalue weighted by atomic mass is 10.1. The highest BCUT2D eigenvalue weighted by atomic mass is 79.9. The normalized spacial score (nSPS) is 21.1. The minimum Gasteiger partial charge on any atom is -1.00 e. The van der Waals surface area contributed by atoms with E-state index >= 15 is 0 Å². The fourth-order valence-electron chi connectivity index (χ4n) is 4.73. The summed E-state index contributed by atoms with van der Waals surface area (Å²) in [6.45, 7) is 5.53. The van der Waals surface area contributed by atoms with Gasteiger partial charge in [0.15, 0.2) is 0 Å². The highest BCUT2D eigenvalue weighted by Gasteiger charge is 2.42. The average Bonchev–Trinajstić information content (AvgIpc) is 3.29. The molecule has 1 aliphatic heterocycles. The van der Waals surface area contributed by atoms with Gasteiger partial charge in [0.1, 0.15) is 23.5 Å². The topological polar surface area (TPSA) is 22.4 Å². The third-order valence-corrected chi connectivity index (χ3v) is 6.81. The van der Waals surface area contributed by atoms with Gasteiger partial charge < -0.3 is 26.1 Å². The molecule has 2 unspecified atom stereocenters. The maximum atomic E-state index is 6.59. The second-order valence-electron chi connectivity index (χ2n) is 8.02. The summed E-state index contributed by atoms with van der Waals surface area (Å²) in [6, 6.07) is 23.2. The number of likely N-dealkylation sites (tertiary alicyclic amines) is 1. The molecular formula is C25H25Br2NO2. The molecule has 1 saturated heterocycles. The maximum Gasteiger partial charge on any atom is 0.234 e. The Bertz CT molecular complexity index is 1160. The van der Waals surface area contributed by atoms with Crippen molar-refractivity contribution in [2.75, 3.05) is 13.1 Å². The van der Waals surface area contributed by atoms with Crippen molar-refractivity contribution in [3.05, 3.63) is 76.8 Å². The molecule has 1 aromatic heterocycles. The van der Waals surface area contributed by atoms with Gasteiger partial charge in [-0.25, -0.2) is 0 Å². The predicted octanol–water partition coefficient (Wildman–Crippen LogP) is 3.89. The number of ether oxygens (including phenoxy) is 1. The standard InChI is InChI=1S/C25H25BrNO2.BrH/c1-2-27(17-18-7-4-3-5-8-18)14-6-9-25(27)28-20-11-13-22-21-12-10-19(26)15-23(21)29-24(22)16-20;/h3-5,7-8,10-13,15-16,25H,2,6,9,14,17H2,1H3;1H/q+1;/p-1. The molecule has 0 radical (unpaired) electrons. The van der Waals surface area contributed by atoms with E-state index in [1.165, 1.54) is 12.0 Å². The average molecular weight is 531 g/mol. The molecule has 5 heteroatoms. The third-order valence-electron chi connectivity index (χ3n) is 6.31. The highest BCUT2D eigenvalue weighted by Crippen LogP contribution is 2.36. The van der Waals surface area contributed by atoms with Crippen LogP contribution in [0.5, 0.6) is 5.75 Å². The predicted molar refractivity (Wildman–Crippen MR) is 121 cm³/mol. The first-order valence-electron chi connectivity index (χ1n) is 10.3. The van der Waals surface area contributed by atoms with Crippen LogP contribution in [0.4, 0.5) is 0 Å². The van der Waals surface area contributed by atoms with Crippen LogP contribution < -0.4 is 21.7 Å². The lowest BCUT2D eigenvalue weighted by Crippen LogP contribution is -3.00. The minimum absolute atomic E-state index is 0. The summed E-state index contributed by atoms with van der Waals surface area (Å²) in [5, 5.41) is 2.27. The van der Waals surface area contributed by atoms with Crippen molar-refractivity contribution in [2.24, 2.45) is 0 Å². The van der Waals surface area contributed by atoms with Crippen LogP contribution in [0.1, 0.15) is 25.3 Å². The molecule has 5 rings (SSSR count). The Balaban J connectivity index is 0.00000218. The molecule has 0 aliphatic carbocycles. The largest absolute Gasteiger partial charge is 1.00 e. The van der Waals surface area contributed by atoms with Crippen molar-refractivity contribution in [3.8, 4) is 5.75 Å². The quantitative estimate of drug-likeness (QED) is 0.365. The summed E-state index contributed by atoms with van der Waals surface area (Å²) >= 11 is 3.52. The van der Waals surface area contributed by atoms with E-state index in [2.05, 4.69) is 83.5 Å². The van der Waals surface area contributed by atoms with Gasteiger partial charge in [-0.3, -0.25) is 4.48 Å². The zero-order valence-corrected chi connectivity index (χ0v) is 20.2. The van der Waals surface area contributed by atoms with E-state index in [4.69, 9.17) is 9.15 Å². The molecule has 3 aromatic carbocycles. The van der Waals surface area contributed by atoms with Crippen LogP contribution in [0.25, 0.3) is 21.9 Å². The lowest BCUT2D eigenvalue weighted by molar-refractivity contribution is -0.966. The van der Waals surface area contributed by atoms with E-state index in [1.807, 2.05) is 6.07 Å². The second kappa shape index (κ2) is 8.74. The van der Waals surface area contributed by atoms with E-state index in [0.717, 1.165) is 62.7 Å². The third kappa shape index (κ3) is 3.91. The Labute approximate surface area is 196 Å². The molecule has 1 fully saturated rings. The summed E-state index contributed by atoms with van der Waals surface area (Å²) in [7, 11) is 0. The van der Waals surface area contributed by atoms with Crippen molar-refractivity contribution in [3.63, 3.8) is 0 Å². The van der Waals surface area contributed by atoms with Crippen molar-refractivity contribution in [1.82, 2.24) is 0 Å². The molecule has 3 nitrogen and oxygen atoms in total. The fourth-order valence-corrected chi connectivity index (χ4v) is 5.07. The molecular weight excluding hydrogens is 506 g/mol. The first kappa shape index (κ1) is 21.4.